The molecule has 1 N–H and O–H groups in total. The quantitative estimate of drug-likeness (QED) is 0.694. The molecule has 0 aromatic carbocycles. The molecule has 5 nitrogen and oxygen atoms in total. The number of nitrogens with one attached hydrogen (secondary N) is 1. The predicted octanol–water partition coefficient (Wildman–Crippen LogP) is 0.518. The average Bonchev–Trinajstić information content (AvgIpc) is 2.08. The molecule has 5 heteroatoms. The van der Waals surface area contributed by atoms with Crippen molar-refractivity contribution in [2.75, 3.05) is 13.1 Å². The standard InChI is InChI=1S/C10H16N2O3/c1-4-9(13)12-5-8(6-12)15-10(14)11-7(2)3/h4,7-8H,1,5-6H2,2-3H3,(H,11,14). The van der Waals surface area contributed by atoms with Crippen LogP contribution in [0, 0.1) is 0 Å². The van der Waals surface area contributed by atoms with Gasteiger partial charge in [0.1, 0.15) is 6.10 Å². The van der Waals surface area contributed by atoms with E-state index in [9.17, 15) is 9.59 Å². The number of carbonyl (C=O) groups is 2. The highest BCUT2D eigenvalue weighted by molar-refractivity contribution is 5.87. The van der Waals surface area contributed by atoms with E-state index in [4.69, 9.17) is 4.74 Å². The van der Waals surface area contributed by atoms with Crippen LogP contribution in [0.15, 0.2) is 12.7 Å². The fourth-order valence-electron chi connectivity index (χ4n) is 1.24. The number of rotatable bonds is 3. The first-order chi connectivity index (χ1) is 7.02. The van der Waals surface area contributed by atoms with Crippen molar-refractivity contribution in [1.29, 1.82) is 0 Å². The van der Waals surface area contributed by atoms with E-state index in [1.807, 2.05) is 13.8 Å². The minimum absolute atomic E-state index is 0.0588. The highest BCUT2D eigenvalue weighted by Crippen LogP contribution is 2.12. The summed E-state index contributed by atoms with van der Waals surface area (Å²) in [5.41, 5.74) is 0. The van der Waals surface area contributed by atoms with Gasteiger partial charge in [-0.3, -0.25) is 4.79 Å². The lowest BCUT2D eigenvalue weighted by atomic mass is 10.1. The Labute approximate surface area is 89.1 Å². The lowest BCUT2D eigenvalue weighted by molar-refractivity contribution is -0.135. The normalized spacial score (nSPS) is 15.8. The summed E-state index contributed by atoms with van der Waals surface area (Å²) in [6, 6.07) is 0.0588. The second-order valence-corrected chi connectivity index (χ2v) is 3.77. The van der Waals surface area contributed by atoms with Crippen LogP contribution in [0.3, 0.4) is 0 Å². The molecule has 0 unspecified atom stereocenters. The topological polar surface area (TPSA) is 58.6 Å². The van der Waals surface area contributed by atoms with E-state index in [0.29, 0.717) is 13.1 Å². The van der Waals surface area contributed by atoms with Crippen molar-refractivity contribution in [3.8, 4) is 0 Å². The van der Waals surface area contributed by atoms with Gasteiger partial charge in [0.2, 0.25) is 5.91 Å². The molecule has 1 rings (SSSR count). The molecule has 2 amide bonds. The van der Waals surface area contributed by atoms with E-state index < -0.39 is 6.09 Å². The molecule has 1 aliphatic heterocycles. The maximum Gasteiger partial charge on any atom is 0.407 e. The lowest BCUT2D eigenvalue weighted by Gasteiger charge is -2.37. The molecule has 84 valence electrons. The van der Waals surface area contributed by atoms with Crippen molar-refractivity contribution in [3.63, 3.8) is 0 Å². The number of hydrogen-bond donors (Lipinski definition) is 1. The first-order valence-electron chi connectivity index (χ1n) is 4.91. The SMILES string of the molecule is C=CC(=O)N1CC(OC(=O)NC(C)C)C1. The molecule has 1 aliphatic rings. The van der Waals surface area contributed by atoms with Crippen molar-refractivity contribution >= 4 is 12.0 Å². The molecular weight excluding hydrogens is 196 g/mol. The van der Waals surface area contributed by atoms with Gasteiger partial charge in [0.15, 0.2) is 0 Å². The average molecular weight is 212 g/mol. The van der Waals surface area contributed by atoms with Crippen molar-refractivity contribution in [3.05, 3.63) is 12.7 Å². The minimum atomic E-state index is -0.430. The Hall–Kier alpha value is -1.52. The van der Waals surface area contributed by atoms with Gasteiger partial charge in [-0.05, 0) is 19.9 Å². The van der Waals surface area contributed by atoms with E-state index in [0.717, 1.165) is 0 Å². The van der Waals surface area contributed by atoms with Crippen molar-refractivity contribution in [2.24, 2.45) is 0 Å². The minimum Gasteiger partial charge on any atom is -0.442 e. The Morgan fingerprint density at radius 2 is 2.13 bits per heavy atom. The summed E-state index contributed by atoms with van der Waals surface area (Å²) in [5, 5.41) is 2.62. The van der Waals surface area contributed by atoms with Gasteiger partial charge in [0, 0.05) is 6.04 Å². The van der Waals surface area contributed by atoms with Gasteiger partial charge >= 0.3 is 6.09 Å². The lowest BCUT2D eigenvalue weighted by Crippen LogP contribution is -2.55. The zero-order valence-electron chi connectivity index (χ0n) is 9.03. The van der Waals surface area contributed by atoms with Crippen LogP contribution in [0.25, 0.3) is 0 Å². The van der Waals surface area contributed by atoms with Crippen molar-refractivity contribution in [2.45, 2.75) is 26.0 Å². The third-order valence-electron chi connectivity index (χ3n) is 2.01. The predicted molar refractivity (Wildman–Crippen MR) is 55.3 cm³/mol. The molecule has 1 saturated heterocycles. The van der Waals surface area contributed by atoms with Gasteiger partial charge in [0.25, 0.3) is 0 Å². The van der Waals surface area contributed by atoms with E-state index in [1.54, 1.807) is 4.90 Å². The van der Waals surface area contributed by atoms with Crippen LogP contribution < -0.4 is 5.32 Å². The Balaban J connectivity index is 2.20. The van der Waals surface area contributed by atoms with Crippen molar-refractivity contribution in [1.82, 2.24) is 10.2 Å². The van der Waals surface area contributed by atoms with Crippen LogP contribution in [0.1, 0.15) is 13.8 Å². The molecule has 0 bridgehead atoms. The second-order valence-electron chi connectivity index (χ2n) is 3.77. The molecule has 0 atom stereocenters. The van der Waals surface area contributed by atoms with Gasteiger partial charge in [-0.2, -0.15) is 0 Å². The second kappa shape index (κ2) is 4.82. The van der Waals surface area contributed by atoms with Crippen LogP contribution in [0.4, 0.5) is 4.79 Å². The number of amides is 2. The first kappa shape index (κ1) is 11.6. The summed E-state index contributed by atoms with van der Waals surface area (Å²) in [5.74, 6) is -0.126. The van der Waals surface area contributed by atoms with Crippen LogP contribution in [0.5, 0.6) is 0 Å². The molecule has 0 aliphatic carbocycles. The summed E-state index contributed by atoms with van der Waals surface area (Å²) >= 11 is 0. The molecule has 0 spiro atoms. The smallest absolute Gasteiger partial charge is 0.407 e. The zero-order valence-corrected chi connectivity index (χ0v) is 9.03. The van der Waals surface area contributed by atoms with Gasteiger partial charge in [-0.1, -0.05) is 6.58 Å². The molecule has 1 fully saturated rings. The van der Waals surface area contributed by atoms with Gasteiger partial charge < -0.3 is 15.0 Å². The summed E-state index contributed by atoms with van der Waals surface area (Å²) in [6.07, 6.45) is 0.637. The number of hydrogen-bond acceptors (Lipinski definition) is 3. The third-order valence-corrected chi connectivity index (χ3v) is 2.01. The van der Waals surface area contributed by atoms with Crippen LogP contribution in [0.2, 0.25) is 0 Å². The van der Waals surface area contributed by atoms with Gasteiger partial charge in [-0.15, -0.1) is 0 Å². The summed E-state index contributed by atoms with van der Waals surface area (Å²) in [7, 11) is 0. The van der Waals surface area contributed by atoms with Crippen LogP contribution >= 0.6 is 0 Å². The molecule has 0 aromatic heterocycles. The van der Waals surface area contributed by atoms with E-state index >= 15 is 0 Å². The van der Waals surface area contributed by atoms with E-state index in [-0.39, 0.29) is 18.1 Å². The Bertz CT molecular complexity index is 270. The highest BCUT2D eigenvalue weighted by atomic mass is 16.6. The summed E-state index contributed by atoms with van der Waals surface area (Å²) in [6.45, 7) is 8.00. The summed E-state index contributed by atoms with van der Waals surface area (Å²) in [4.78, 5) is 23.8. The largest absolute Gasteiger partial charge is 0.442 e. The highest BCUT2D eigenvalue weighted by Gasteiger charge is 2.32. The number of nitrogens with zero attached hydrogens (tertiary/aromatic N) is 1. The Morgan fingerprint density at radius 3 is 2.60 bits per heavy atom. The number of likely N-dealkylation sites (tertiary alicyclic amines) is 1. The molecular formula is C10H16N2O3. The monoisotopic (exact) mass is 212 g/mol. The van der Waals surface area contributed by atoms with E-state index in [1.165, 1.54) is 6.08 Å². The van der Waals surface area contributed by atoms with Crippen molar-refractivity contribution < 1.29 is 14.3 Å². The third kappa shape index (κ3) is 3.27. The molecule has 0 saturated carbocycles. The first-order valence-corrected chi connectivity index (χ1v) is 4.91. The van der Waals surface area contributed by atoms with Gasteiger partial charge in [-0.25, -0.2) is 4.79 Å². The Kier molecular flexibility index (Phi) is 3.71. The molecule has 1 heterocycles. The Morgan fingerprint density at radius 1 is 1.53 bits per heavy atom. The zero-order chi connectivity index (χ0) is 11.4. The van der Waals surface area contributed by atoms with E-state index in [2.05, 4.69) is 11.9 Å². The fraction of sp³-hybridized carbons (Fsp3) is 0.600. The molecule has 15 heavy (non-hydrogen) atoms. The maximum atomic E-state index is 11.1. The van der Waals surface area contributed by atoms with Crippen LogP contribution in [-0.4, -0.2) is 42.1 Å². The fourth-order valence-corrected chi connectivity index (χ4v) is 1.24. The number of alkyl carbamates (subject to hydrolysis) is 1. The molecule has 0 radical (unpaired) electrons. The number of carbonyl (C=O) groups excluding carboxylic acids is 2. The van der Waals surface area contributed by atoms with Gasteiger partial charge in [0.05, 0.1) is 13.1 Å². The van der Waals surface area contributed by atoms with Crippen LogP contribution in [-0.2, 0) is 9.53 Å². The summed E-state index contributed by atoms with van der Waals surface area (Å²) < 4.78 is 5.04. The number of ether oxygens (including phenoxy) is 1. The molecule has 0 aromatic rings. The maximum absolute atomic E-state index is 11.1.